The van der Waals surface area contributed by atoms with E-state index in [1.165, 1.54) is 17.4 Å². The maximum atomic E-state index is 11.2. The Morgan fingerprint density at radius 2 is 2.00 bits per heavy atom. The van der Waals surface area contributed by atoms with Gasteiger partial charge < -0.3 is 14.9 Å². The highest BCUT2D eigenvalue weighted by molar-refractivity contribution is 7.17. The number of aromatic carboxylic acids is 1. The third-order valence-electron chi connectivity index (χ3n) is 3.12. The predicted molar refractivity (Wildman–Crippen MR) is 81.2 cm³/mol. The third kappa shape index (κ3) is 2.68. The largest absolute Gasteiger partial charge is 0.508 e. The maximum absolute atomic E-state index is 11.2. The van der Waals surface area contributed by atoms with Crippen LogP contribution in [0.3, 0.4) is 0 Å². The first kappa shape index (κ1) is 13.5. The summed E-state index contributed by atoms with van der Waals surface area (Å²) < 4.78 is 6.39. The van der Waals surface area contributed by atoms with Crippen LogP contribution < -0.4 is 4.74 Å². The average molecular weight is 300 g/mol. The van der Waals surface area contributed by atoms with Crippen LogP contribution in [-0.2, 0) is 6.61 Å². The van der Waals surface area contributed by atoms with Crippen LogP contribution in [0.1, 0.15) is 15.9 Å². The molecular formula is C16H12O4S. The van der Waals surface area contributed by atoms with Crippen molar-refractivity contribution < 1.29 is 19.7 Å². The van der Waals surface area contributed by atoms with E-state index in [0.29, 0.717) is 17.9 Å². The van der Waals surface area contributed by atoms with E-state index < -0.39 is 5.97 Å². The summed E-state index contributed by atoms with van der Waals surface area (Å²) in [4.78, 5) is 11.2. The normalized spacial score (nSPS) is 10.7. The van der Waals surface area contributed by atoms with Gasteiger partial charge in [0.05, 0.1) is 5.56 Å². The number of phenolic OH excluding ortho intramolecular Hbond substituents is 1. The second-order valence-corrected chi connectivity index (χ2v) is 5.41. The number of phenols is 1. The molecule has 0 fully saturated rings. The Kier molecular flexibility index (Phi) is 3.50. The van der Waals surface area contributed by atoms with Crippen molar-refractivity contribution >= 4 is 27.4 Å². The number of aromatic hydroxyl groups is 1. The molecule has 21 heavy (non-hydrogen) atoms. The SMILES string of the molecule is O=C(O)c1cccc2c(COc3cccc(O)c3)csc12. The van der Waals surface area contributed by atoms with Crippen molar-refractivity contribution in [3.05, 3.63) is 59.0 Å². The molecule has 0 amide bonds. The molecule has 106 valence electrons. The number of hydrogen-bond donors (Lipinski definition) is 2. The molecule has 2 N–H and O–H groups in total. The van der Waals surface area contributed by atoms with E-state index in [2.05, 4.69) is 0 Å². The quantitative estimate of drug-likeness (QED) is 0.767. The Morgan fingerprint density at radius 3 is 2.76 bits per heavy atom. The molecule has 0 radical (unpaired) electrons. The molecule has 0 saturated carbocycles. The van der Waals surface area contributed by atoms with Gasteiger partial charge in [-0.05, 0) is 29.0 Å². The van der Waals surface area contributed by atoms with Crippen molar-refractivity contribution in [1.29, 1.82) is 0 Å². The Bertz CT molecular complexity index is 807. The number of fused-ring (bicyclic) bond motifs is 1. The van der Waals surface area contributed by atoms with Gasteiger partial charge in [0.1, 0.15) is 18.1 Å². The topological polar surface area (TPSA) is 66.8 Å². The monoisotopic (exact) mass is 300 g/mol. The van der Waals surface area contributed by atoms with Gasteiger partial charge in [0, 0.05) is 16.3 Å². The van der Waals surface area contributed by atoms with Crippen LogP contribution in [-0.4, -0.2) is 16.2 Å². The van der Waals surface area contributed by atoms with Crippen LogP contribution >= 0.6 is 11.3 Å². The minimum Gasteiger partial charge on any atom is -0.508 e. The number of thiophene rings is 1. The molecule has 1 aromatic heterocycles. The highest BCUT2D eigenvalue weighted by Crippen LogP contribution is 2.30. The highest BCUT2D eigenvalue weighted by atomic mass is 32.1. The zero-order valence-electron chi connectivity index (χ0n) is 10.9. The standard InChI is InChI=1S/C16H12O4S/c17-11-3-1-4-12(7-11)20-8-10-9-21-15-13(10)5-2-6-14(15)16(18)19/h1-7,9,17H,8H2,(H,18,19). The zero-order valence-corrected chi connectivity index (χ0v) is 11.8. The average Bonchev–Trinajstić information content (AvgIpc) is 2.88. The van der Waals surface area contributed by atoms with Crippen LogP contribution in [0.2, 0.25) is 0 Å². The van der Waals surface area contributed by atoms with E-state index >= 15 is 0 Å². The number of benzene rings is 2. The molecule has 5 heteroatoms. The molecule has 0 spiro atoms. The number of hydrogen-bond acceptors (Lipinski definition) is 4. The van der Waals surface area contributed by atoms with Gasteiger partial charge in [-0.3, -0.25) is 0 Å². The summed E-state index contributed by atoms with van der Waals surface area (Å²) in [5, 5.41) is 21.4. The van der Waals surface area contributed by atoms with E-state index in [4.69, 9.17) is 4.74 Å². The number of carboxylic acid groups (broad SMARTS) is 1. The van der Waals surface area contributed by atoms with Gasteiger partial charge in [0.25, 0.3) is 0 Å². The van der Waals surface area contributed by atoms with Crippen LogP contribution in [0.4, 0.5) is 0 Å². The molecule has 2 aromatic carbocycles. The Balaban J connectivity index is 1.88. The molecular weight excluding hydrogens is 288 g/mol. The second kappa shape index (κ2) is 5.46. The summed E-state index contributed by atoms with van der Waals surface area (Å²) in [7, 11) is 0. The highest BCUT2D eigenvalue weighted by Gasteiger charge is 2.12. The number of ether oxygens (including phenoxy) is 1. The predicted octanol–water partition coefficient (Wildman–Crippen LogP) is 3.88. The fourth-order valence-electron chi connectivity index (χ4n) is 2.12. The van der Waals surface area contributed by atoms with E-state index in [1.807, 2.05) is 11.4 Å². The lowest BCUT2D eigenvalue weighted by atomic mass is 10.1. The second-order valence-electron chi connectivity index (χ2n) is 4.53. The molecule has 4 nitrogen and oxygen atoms in total. The van der Waals surface area contributed by atoms with Crippen molar-refractivity contribution in [2.24, 2.45) is 0 Å². The minimum atomic E-state index is -0.928. The Labute approximate surface area is 124 Å². The Morgan fingerprint density at radius 1 is 1.19 bits per heavy atom. The van der Waals surface area contributed by atoms with Crippen LogP contribution in [0, 0.1) is 0 Å². The van der Waals surface area contributed by atoms with Crippen molar-refractivity contribution in [3.63, 3.8) is 0 Å². The summed E-state index contributed by atoms with van der Waals surface area (Å²) in [6.45, 7) is 0.326. The van der Waals surface area contributed by atoms with Crippen LogP contribution in [0.5, 0.6) is 11.5 Å². The molecule has 0 bridgehead atoms. The lowest BCUT2D eigenvalue weighted by Gasteiger charge is -2.06. The first-order valence-electron chi connectivity index (χ1n) is 6.29. The number of carbonyl (C=O) groups is 1. The Hall–Kier alpha value is -2.53. The molecule has 0 aliphatic rings. The van der Waals surface area contributed by atoms with E-state index in [-0.39, 0.29) is 5.75 Å². The summed E-state index contributed by atoms with van der Waals surface area (Å²) in [6, 6.07) is 11.8. The van der Waals surface area contributed by atoms with Crippen LogP contribution in [0.25, 0.3) is 10.1 Å². The van der Waals surface area contributed by atoms with Gasteiger partial charge in [-0.2, -0.15) is 0 Å². The van der Waals surface area contributed by atoms with Crippen molar-refractivity contribution in [2.45, 2.75) is 6.61 Å². The van der Waals surface area contributed by atoms with Gasteiger partial charge in [-0.1, -0.05) is 18.2 Å². The van der Waals surface area contributed by atoms with Gasteiger partial charge in [0.15, 0.2) is 0 Å². The van der Waals surface area contributed by atoms with Gasteiger partial charge in [-0.25, -0.2) is 4.79 Å². The zero-order chi connectivity index (χ0) is 14.8. The van der Waals surface area contributed by atoms with E-state index in [0.717, 1.165) is 15.6 Å². The van der Waals surface area contributed by atoms with E-state index in [9.17, 15) is 15.0 Å². The van der Waals surface area contributed by atoms with Gasteiger partial charge in [-0.15, -0.1) is 11.3 Å². The van der Waals surface area contributed by atoms with E-state index in [1.54, 1.807) is 30.3 Å². The fraction of sp³-hybridized carbons (Fsp3) is 0.0625. The third-order valence-corrected chi connectivity index (χ3v) is 4.20. The summed E-state index contributed by atoms with van der Waals surface area (Å²) in [5.41, 5.74) is 1.24. The van der Waals surface area contributed by atoms with Gasteiger partial charge in [0.2, 0.25) is 0 Å². The minimum absolute atomic E-state index is 0.149. The molecule has 0 unspecified atom stereocenters. The maximum Gasteiger partial charge on any atom is 0.337 e. The summed E-state index contributed by atoms with van der Waals surface area (Å²) in [6.07, 6.45) is 0. The van der Waals surface area contributed by atoms with Crippen molar-refractivity contribution in [2.75, 3.05) is 0 Å². The first-order chi connectivity index (χ1) is 10.1. The van der Waals surface area contributed by atoms with Gasteiger partial charge >= 0.3 is 5.97 Å². The molecule has 3 aromatic rings. The molecule has 1 heterocycles. The summed E-state index contributed by atoms with van der Waals surface area (Å²) >= 11 is 1.40. The number of carboxylic acids is 1. The lowest BCUT2D eigenvalue weighted by molar-refractivity contribution is 0.0699. The lowest BCUT2D eigenvalue weighted by Crippen LogP contribution is -1.97. The first-order valence-corrected chi connectivity index (χ1v) is 7.17. The summed E-state index contributed by atoms with van der Waals surface area (Å²) in [5.74, 6) is -0.206. The molecule has 0 aliphatic carbocycles. The molecule has 0 atom stereocenters. The number of rotatable bonds is 4. The molecule has 3 rings (SSSR count). The molecule has 0 aliphatic heterocycles. The smallest absolute Gasteiger partial charge is 0.337 e. The van der Waals surface area contributed by atoms with Crippen molar-refractivity contribution in [1.82, 2.24) is 0 Å². The molecule has 0 saturated heterocycles. The van der Waals surface area contributed by atoms with Crippen molar-refractivity contribution in [3.8, 4) is 11.5 Å². The fourth-order valence-corrected chi connectivity index (χ4v) is 3.19. The van der Waals surface area contributed by atoms with Crippen LogP contribution in [0.15, 0.2) is 47.8 Å².